The number of thiazole rings is 1. The van der Waals surface area contributed by atoms with E-state index in [2.05, 4.69) is 25.8 Å². The molecule has 0 atom stereocenters. The van der Waals surface area contributed by atoms with Crippen LogP contribution in [0, 0.1) is 6.92 Å². The van der Waals surface area contributed by atoms with Gasteiger partial charge >= 0.3 is 6.03 Å². The van der Waals surface area contributed by atoms with Crippen molar-refractivity contribution in [2.24, 2.45) is 0 Å². The maximum absolute atomic E-state index is 11.8. The second kappa shape index (κ2) is 5.00. The van der Waals surface area contributed by atoms with Crippen molar-refractivity contribution < 1.29 is 4.79 Å². The third kappa shape index (κ3) is 2.76. The number of aryl methyl sites for hydroxylation is 3. The zero-order chi connectivity index (χ0) is 13.2. The lowest BCUT2D eigenvalue weighted by molar-refractivity contribution is 0.262. The molecule has 2 heterocycles. The van der Waals surface area contributed by atoms with Crippen molar-refractivity contribution in [3.63, 3.8) is 0 Å². The highest BCUT2D eigenvalue weighted by Crippen LogP contribution is 2.29. The SMILES string of the molecule is Cc1cc(NC(=O)Nc2nc3c(s2)CCCC3)n[nH]1. The van der Waals surface area contributed by atoms with Gasteiger partial charge in [-0.2, -0.15) is 5.10 Å². The van der Waals surface area contributed by atoms with E-state index < -0.39 is 0 Å². The Labute approximate surface area is 114 Å². The molecule has 0 saturated heterocycles. The molecule has 0 saturated carbocycles. The Bertz CT molecular complexity index is 580. The number of amides is 2. The zero-order valence-electron chi connectivity index (χ0n) is 10.6. The molecule has 1 aliphatic carbocycles. The summed E-state index contributed by atoms with van der Waals surface area (Å²) in [5.41, 5.74) is 2.04. The molecule has 0 radical (unpaired) electrons. The van der Waals surface area contributed by atoms with Gasteiger partial charge in [0.1, 0.15) is 0 Å². The van der Waals surface area contributed by atoms with Crippen molar-refractivity contribution >= 4 is 28.3 Å². The number of hydrogen-bond acceptors (Lipinski definition) is 4. The average Bonchev–Trinajstić information content (AvgIpc) is 2.94. The van der Waals surface area contributed by atoms with Gasteiger partial charge in [0, 0.05) is 16.6 Å². The molecule has 100 valence electrons. The molecule has 0 aliphatic heterocycles. The van der Waals surface area contributed by atoms with Crippen LogP contribution in [0.2, 0.25) is 0 Å². The zero-order valence-corrected chi connectivity index (χ0v) is 11.4. The van der Waals surface area contributed by atoms with E-state index in [9.17, 15) is 4.79 Å². The lowest BCUT2D eigenvalue weighted by Gasteiger charge is -2.06. The smallest absolute Gasteiger partial charge is 0.291 e. The Morgan fingerprint density at radius 3 is 2.95 bits per heavy atom. The summed E-state index contributed by atoms with van der Waals surface area (Å²) < 4.78 is 0. The highest BCUT2D eigenvalue weighted by molar-refractivity contribution is 7.15. The normalized spacial score (nSPS) is 13.9. The van der Waals surface area contributed by atoms with Gasteiger partial charge in [0.2, 0.25) is 0 Å². The maximum Gasteiger partial charge on any atom is 0.326 e. The average molecular weight is 277 g/mol. The summed E-state index contributed by atoms with van der Waals surface area (Å²) in [5, 5.41) is 12.8. The number of carbonyl (C=O) groups is 1. The number of hydrogen-bond donors (Lipinski definition) is 3. The maximum atomic E-state index is 11.8. The summed E-state index contributed by atoms with van der Waals surface area (Å²) >= 11 is 1.57. The highest BCUT2D eigenvalue weighted by atomic mass is 32.1. The predicted octanol–water partition coefficient (Wildman–Crippen LogP) is 2.70. The first kappa shape index (κ1) is 12.2. The summed E-state index contributed by atoms with van der Waals surface area (Å²) in [6.45, 7) is 1.88. The number of nitrogens with zero attached hydrogens (tertiary/aromatic N) is 2. The van der Waals surface area contributed by atoms with Crippen molar-refractivity contribution in [1.82, 2.24) is 15.2 Å². The fraction of sp³-hybridized carbons (Fsp3) is 0.417. The number of nitrogens with one attached hydrogen (secondary N) is 3. The number of fused-ring (bicyclic) bond motifs is 1. The van der Waals surface area contributed by atoms with Crippen molar-refractivity contribution in [3.05, 3.63) is 22.3 Å². The Balaban J connectivity index is 1.64. The summed E-state index contributed by atoms with van der Waals surface area (Å²) in [5.74, 6) is 0.510. The van der Waals surface area contributed by atoms with Crippen molar-refractivity contribution in [3.8, 4) is 0 Å². The van der Waals surface area contributed by atoms with Gasteiger partial charge in [-0.05, 0) is 32.6 Å². The quantitative estimate of drug-likeness (QED) is 0.789. The monoisotopic (exact) mass is 277 g/mol. The second-order valence-corrected chi connectivity index (χ2v) is 5.69. The first-order valence-corrected chi connectivity index (χ1v) is 7.11. The van der Waals surface area contributed by atoms with E-state index in [1.54, 1.807) is 17.4 Å². The Morgan fingerprint density at radius 2 is 2.21 bits per heavy atom. The molecule has 3 rings (SSSR count). The fourth-order valence-electron chi connectivity index (χ4n) is 2.13. The predicted molar refractivity (Wildman–Crippen MR) is 74.7 cm³/mol. The topological polar surface area (TPSA) is 82.7 Å². The Morgan fingerprint density at radius 1 is 1.37 bits per heavy atom. The van der Waals surface area contributed by atoms with E-state index in [4.69, 9.17) is 0 Å². The fourth-order valence-corrected chi connectivity index (χ4v) is 3.18. The van der Waals surface area contributed by atoms with Gasteiger partial charge in [-0.15, -0.1) is 11.3 Å². The summed E-state index contributed by atoms with van der Waals surface area (Å²) in [6.07, 6.45) is 4.50. The van der Waals surface area contributed by atoms with Crippen LogP contribution in [0.25, 0.3) is 0 Å². The molecule has 2 aromatic rings. The van der Waals surface area contributed by atoms with Gasteiger partial charge in [-0.3, -0.25) is 15.7 Å². The van der Waals surface area contributed by atoms with Gasteiger partial charge in [-0.25, -0.2) is 9.78 Å². The number of H-pyrrole nitrogens is 1. The minimum atomic E-state index is -0.308. The standard InChI is InChI=1S/C12H15N5OS/c1-7-6-10(17-16-7)14-11(18)15-12-13-8-4-2-3-5-9(8)19-12/h6H,2-5H2,1H3,(H3,13,14,15,16,17,18). The molecule has 2 amide bonds. The molecule has 1 aliphatic rings. The molecule has 0 spiro atoms. The first-order valence-electron chi connectivity index (χ1n) is 6.29. The lowest BCUT2D eigenvalue weighted by atomic mass is 10.0. The Kier molecular flexibility index (Phi) is 3.20. The van der Waals surface area contributed by atoms with Crippen molar-refractivity contribution in [1.29, 1.82) is 0 Å². The molecule has 0 bridgehead atoms. The molecule has 19 heavy (non-hydrogen) atoms. The molecule has 7 heteroatoms. The molecule has 0 unspecified atom stereocenters. The highest BCUT2D eigenvalue weighted by Gasteiger charge is 2.16. The van der Waals surface area contributed by atoms with E-state index >= 15 is 0 Å². The molecule has 0 fully saturated rings. The molecule has 2 aromatic heterocycles. The number of anilines is 2. The summed E-state index contributed by atoms with van der Waals surface area (Å²) in [4.78, 5) is 17.6. The van der Waals surface area contributed by atoms with E-state index in [0.29, 0.717) is 10.9 Å². The summed E-state index contributed by atoms with van der Waals surface area (Å²) in [7, 11) is 0. The third-order valence-electron chi connectivity index (χ3n) is 3.01. The number of urea groups is 1. The van der Waals surface area contributed by atoms with Crippen LogP contribution >= 0.6 is 11.3 Å². The van der Waals surface area contributed by atoms with E-state index in [1.165, 1.54) is 17.7 Å². The third-order valence-corrected chi connectivity index (χ3v) is 4.09. The second-order valence-electron chi connectivity index (χ2n) is 4.61. The van der Waals surface area contributed by atoms with E-state index in [-0.39, 0.29) is 6.03 Å². The van der Waals surface area contributed by atoms with Gasteiger partial charge in [-0.1, -0.05) is 0 Å². The Hall–Kier alpha value is -1.89. The van der Waals surface area contributed by atoms with Crippen LogP contribution in [0.5, 0.6) is 0 Å². The van der Waals surface area contributed by atoms with Crippen LogP contribution in [0.1, 0.15) is 29.1 Å². The molecular formula is C12H15N5OS. The number of carbonyl (C=O) groups excluding carboxylic acids is 1. The van der Waals surface area contributed by atoms with Crippen LogP contribution in [-0.2, 0) is 12.8 Å². The van der Waals surface area contributed by atoms with Crippen molar-refractivity contribution in [2.75, 3.05) is 10.6 Å². The number of rotatable bonds is 2. The largest absolute Gasteiger partial charge is 0.326 e. The number of aromatic amines is 1. The minimum Gasteiger partial charge on any atom is -0.291 e. The molecule has 3 N–H and O–H groups in total. The molecule has 0 aromatic carbocycles. The van der Waals surface area contributed by atoms with Gasteiger partial charge in [0.15, 0.2) is 10.9 Å². The van der Waals surface area contributed by atoms with Crippen molar-refractivity contribution in [2.45, 2.75) is 32.6 Å². The van der Waals surface area contributed by atoms with E-state index in [1.807, 2.05) is 6.92 Å². The van der Waals surface area contributed by atoms with Gasteiger partial charge in [0.05, 0.1) is 5.69 Å². The van der Waals surface area contributed by atoms with Crippen LogP contribution < -0.4 is 10.6 Å². The van der Waals surface area contributed by atoms with Crippen LogP contribution in [0.4, 0.5) is 15.7 Å². The van der Waals surface area contributed by atoms with Crippen LogP contribution in [0.3, 0.4) is 0 Å². The first-order chi connectivity index (χ1) is 9.20. The number of aromatic nitrogens is 3. The molecule has 6 nitrogen and oxygen atoms in total. The van der Waals surface area contributed by atoms with Crippen LogP contribution in [0.15, 0.2) is 6.07 Å². The van der Waals surface area contributed by atoms with Crippen LogP contribution in [-0.4, -0.2) is 21.2 Å². The van der Waals surface area contributed by atoms with Gasteiger partial charge < -0.3 is 0 Å². The lowest BCUT2D eigenvalue weighted by Crippen LogP contribution is -2.19. The molecular weight excluding hydrogens is 262 g/mol. The van der Waals surface area contributed by atoms with E-state index in [0.717, 1.165) is 24.2 Å². The summed E-state index contributed by atoms with van der Waals surface area (Å²) in [6, 6.07) is 1.46. The van der Waals surface area contributed by atoms with Gasteiger partial charge in [0.25, 0.3) is 0 Å². The minimum absolute atomic E-state index is 0.308.